The van der Waals surface area contributed by atoms with Crippen molar-refractivity contribution in [1.29, 1.82) is 0 Å². The fourth-order valence-electron chi connectivity index (χ4n) is 4.74. The summed E-state index contributed by atoms with van der Waals surface area (Å²) in [5.41, 5.74) is 0. The molecule has 0 saturated carbocycles. The van der Waals surface area contributed by atoms with Crippen LogP contribution in [0, 0.1) is 0 Å². The van der Waals surface area contributed by atoms with Crippen LogP contribution in [0.15, 0.2) is 36.5 Å². The van der Waals surface area contributed by atoms with Gasteiger partial charge in [-0.1, -0.05) is 115 Å². The number of allylic oxidation sites excluding steroid dienone is 6. The lowest BCUT2D eigenvalue weighted by atomic mass is 10.0. The van der Waals surface area contributed by atoms with Crippen LogP contribution >= 0.6 is 0 Å². The molecule has 0 heterocycles. The first-order chi connectivity index (χ1) is 19.6. The Balaban J connectivity index is 3.83. The monoisotopic (exact) mass is 563 g/mol. The molecule has 0 fully saturated rings. The van der Waals surface area contributed by atoms with Gasteiger partial charge in [-0.2, -0.15) is 0 Å². The zero-order valence-electron chi connectivity index (χ0n) is 26.2. The Morgan fingerprint density at radius 2 is 1.05 bits per heavy atom. The molecular formula is C35H65NO4. The molecule has 0 aromatic rings. The van der Waals surface area contributed by atoms with Gasteiger partial charge in [0.05, 0.1) is 18.8 Å². The van der Waals surface area contributed by atoms with Crippen LogP contribution in [0.1, 0.15) is 155 Å². The molecule has 4 N–H and O–H groups in total. The molecule has 0 radical (unpaired) electrons. The minimum Gasteiger partial charge on any atom is -0.394 e. The molecule has 234 valence electrons. The standard InChI is InChI=1S/C35H65NO4/c1-3-5-7-9-11-13-15-16-17-18-19-20-21-23-25-27-29-33(38)35(40)32(31-37)36-34(39)30-28-26-24-22-14-12-10-8-6-4-2/h10,12,17-18,21,23,32-33,35,37-38,40H,3-9,11,13-16,19-20,22,24-31H2,1-2H3,(H,36,39)/b12-10-,18-17+,23-21+. The third-order valence-electron chi connectivity index (χ3n) is 7.44. The molecule has 0 aliphatic heterocycles. The number of rotatable bonds is 29. The van der Waals surface area contributed by atoms with E-state index < -0.39 is 18.2 Å². The van der Waals surface area contributed by atoms with Gasteiger partial charge in [0.2, 0.25) is 5.91 Å². The Kier molecular flexibility index (Phi) is 29.4. The lowest BCUT2D eigenvalue weighted by molar-refractivity contribution is -0.124. The van der Waals surface area contributed by atoms with Crippen LogP contribution in [-0.4, -0.2) is 46.1 Å². The van der Waals surface area contributed by atoms with Crippen molar-refractivity contribution in [3.8, 4) is 0 Å². The van der Waals surface area contributed by atoms with Gasteiger partial charge < -0.3 is 20.6 Å². The molecule has 3 atom stereocenters. The van der Waals surface area contributed by atoms with Gasteiger partial charge in [-0.25, -0.2) is 0 Å². The first-order valence-electron chi connectivity index (χ1n) is 16.8. The van der Waals surface area contributed by atoms with Crippen molar-refractivity contribution in [3.63, 3.8) is 0 Å². The van der Waals surface area contributed by atoms with Crippen LogP contribution in [0.5, 0.6) is 0 Å². The van der Waals surface area contributed by atoms with Crippen LogP contribution in [0.4, 0.5) is 0 Å². The van der Waals surface area contributed by atoms with Gasteiger partial charge >= 0.3 is 0 Å². The largest absolute Gasteiger partial charge is 0.394 e. The van der Waals surface area contributed by atoms with E-state index in [1.165, 1.54) is 64.2 Å². The van der Waals surface area contributed by atoms with Crippen LogP contribution in [0.2, 0.25) is 0 Å². The van der Waals surface area contributed by atoms with Crippen molar-refractivity contribution in [1.82, 2.24) is 5.32 Å². The molecule has 0 saturated heterocycles. The molecule has 1 amide bonds. The average Bonchev–Trinajstić information content (AvgIpc) is 2.96. The number of hydrogen-bond acceptors (Lipinski definition) is 4. The first-order valence-corrected chi connectivity index (χ1v) is 16.8. The lowest BCUT2D eigenvalue weighted by Gasteiger charge is -2.26. The van der Waals surface area contributed by atoms with Crippen molar-refractivity contribution in [2.24, 2.45) is 0 Å². The van der Waals surface area contributed by atoms with E-state index in [0.29, 0.717) is 12.8 Å². The van der Waals surface area contributed by atoms with Crippen molar-refractivity contribution < 1.29 is 20.1 Å². The molecule has 0 aromatic carbocycles. The fraction of sp³-hybridized carbons (Fsp3) is 0.800. The summed E-state index contributed by atoms with van der Waals surface area (Å²) in [6.07, 6.45) is 35.2. The summed E-state index contributed by atoms with van der Waals surface area (Å²) in [5.74, 6) is -0.177. The average molecular weight is 564 g/mol. The van der Waals surface area contributed by atoms with E-state index in [-0.39, 0.29) is 12.5 Å². The zero-order valence-corrected chi connectivity index (χ0v) is 26.2. The number of unbranched alkanes of at least 4 members (excludes halogenated alkanes) is 15. The number of aliphatic hydroxyl groups excluding tert-OH is 3. The molecule has 5 heteroatoms. The second-order valence-electron chi connectivity index (χ2n) is 11.3. The van der Waals surface area contributed by atoms with E-state index in [9.17, 15) is 20.1 Å². The van der Waals surface area contributed by atoms with Gasteiger partial charge in [0.25, 0.3) is 0 Å². The van der Waals surface area contributed by atoms with E-state index in [1.807, 2.05) is 0 Å². The van der Waals surface area contributed by atoms with Gasteiger partial charge in [-0.3, -0.25) is 4.79 Å². The molecule has 5 nitrogen and oxygen atoms in total. The van der Waals surface area contributed by atoms with Gasteiger partial charge in [-0.15, -0.1) is 0 Å². The summed E-state index contributed by atoms with van der Waals surface area (Å²) in [4.78, 5) is 12.3. The normalized spacial score (nSPS) is 14.4. The number of aliphatic hydroxyl groups is 3. The number of hydrogen-bond donors (Lipinski definition) is 4. The summed E-state index contributed by atoms with van der Waals surface area (Å²) in [6, 6.07) is -0.834. The highest BCUT2D eigenvalue weighted by molar-refractivity contribution is 5.76. The third-order valence-corrected chi connectivity index (χ3v) is 7.44. The molecule has 0 rings (SSSR count). The maximum Gasteiger partial charge on any atom is 0.220 e. The molecule has 0 aliphatic carbocycles. The van der Waals surface area contributed by atoms with E-state index in [2.05, 4.69) is 55.6 Å². The van der Waals surface area contributed by atoms with Crippen LogP contribution in [-0.2, 0) is 4.79 Å². The molecule has 0 spiro atoms. The second kappa shape index (κ2) is 30.5. The number of carbonyl (C=O) groups excluding carboxylic acids is 1. The highest BCUT2D eigenvalue weighted by Gasteiger charge is 2.26. The van der Waals surface area contributed by atoms with Crippen LogP contribution in [0.25, 0.3) is 0 Å². The zero-order chi connectivity index (χ0) is 29.5. The molecular weight excluding hydrogens is 498 g/mol. The molecule has 3 unspecified atom stereocenters. The minimum absolute atomic E-state index is 0.177. The predicted octanol–water partition coefficient (Wildman–Crippen LogP) is 8.48. The Morgan fingerprint density at radius 3 is 1.60 bits per heavy atom. The molecule has 0 bridgehead atoms. The number of carbonyl (C=O) groups is 1. The van der Waals surface area contributed by atoms with Gasteiger partial charge in [0.1, 0.15) is 6.10 Å². The summed E-state index contributed by atoms with van der Waals surface area (Å²) in [6.45, 7) is 4.07. The SMILES string of the molecule is CCCC/C=C\CCCCCCC(=O)NC(CO)C(O)C(O)CCC/C=C/CC/C=C/CCCCCCCCC. The van der Waals surface area contributed by atoms with Crippen molar-refractivity contribution >= 4 is 5.91 Å². The van der Waals surface area contributed by atoms with E-state index >= 15 is 0 Å². The fourth-order valence-corrected chi connectivity index (χ4v) is 4.74. The molecule has 0 aromatic heterocycles. The van der Waals surface area contributed by atoms with Crippen LogP contribution < -0.4 is 5.32 Å². The summed E-state index contributed by atoms with van der Waals surface area (Å²) in [7, 11) is 0. The Bertz CT molecular complexity index is 631. The van der Waals surface area contributed by atoms with E-state index in [0.717, 1.165) is 64.2 Å². The second-order valence-corrected chi connectivity index (χ2v) is 11.3. The summed E-state index contributed by atoms with van der Waals surface area (Å²) < 4.78 is 0. The predicted molar refractivity (Wildman–Crippen MR) is 171 cm³/mol. The molecule has 40 heavy (non-hydrogen) atoms. The highest BCUT2D eigenvalue weighted by atomic mass is 16.3. The topological polar surface area (TPSA) is 89.8 Å². The van der Waals surface area contributed by atoms with E-state index in [1.54, 1.807) is 0 Å². The minimum atomic E-state index is -1.17. The van der Waals surface area contributed by atoms with Gasteiger partial charge in [0.15, 0.2) is 0 Å². The van der Waals surface area contributed by atoms with Crippen molar-refractivity contribution in [3.05, 3.63) is 36.5 Å². The maximum absolute atomic E-state index is 12.3. The van der Waals surface area contributed by atoms with E-state index in [4.69, 9.17) is 0 Å². The van der Waals surface area contributed by atoms with Crippen LogP contribution in [0.3, 0.4) is 0 Å². The Hall–Kier alpha value is -1.43. The lowest BCUT2D eigenvalue weighted by Crippen LogP contribution is -2.50. The van der Waals surface area contributed by atoms with Gasteiger partial charge in [-0.05, 0) is 70.6 Å². The van der Waals surface area contributed by atoms with Crippen molar-refractivity contribution in [2.45, 2.75) is 173 Å². The maximum atomic E-state index is 12.3. The smallest absolute Gasteiger partial charge is 0.220 e. The summed E-state index contributed by atoms with van der Waals surface area (Å²) in [5, 5.41) is 33.1. The third kappa shape index (κ3) is 25.5. The number of nitrogens with one attached hydrogen (secondary N) is 1. The summed E-state index contributed by atoms with van der Waals surface area (Å²) >= 11 is 0. The highest BCUT2D eigenvalue weighted by Crippen LogP contribution is 2.12. The Labute approximate surface area is 247 Å². The van der Waals surface area contributed by atoms with Gasteiger partial charge in [0, 0.05) is 6.42 Å². The Morgan fingerprint density at radius 1 is 0.600 bits per heavy atom. The molecule has 0 aliphatic rings. The quantitative estimate of drug-likeness (QED) is 0.0543. The van der Waals surface area contributed by atoms with Crippen molar-refractivity contribution in [2.75, 3.05) is 6.61 Å². The number of amides is 1. The first kappa shape index (κ1) is 38.6.